The summed E-state index contributed by atoms with van der Waals surface area (Å²) in [6.45, 7) is 0.618. The van der Waals surface area contributed by atoms with Crippen LogP contribution in [-0.2, 0) is 16.1 Å². The highest BCUT2D eigenvalue weighted by atomic mass is 32.2. The van der Waals surface area contributed by atoms with Gasteiger partial charge in [-0.3, -0.25) is 9.36 Å². The lowest BCUT2D eigenvalue weighted by Gasteiger charge is -2.09. The number of hydrogen-bond acceptors (Lipinski definition) is 6. The summed E-state index contributed by atoms with van der Waals surface area (Å²) in [4.78, 5) is 33.1. The van der Waals surface area contributed by atoms with Crippen LogP contribution >= 0.6 is 11.8 Å². The monoisotopic (exact) mass is 432 g/mol. The predicted octanol–water partition coefficient (Wildman–Crippen LogP) is 4.00. The van der Waals surface area contributed by atoms with E-state index in [4.69, 9.17) is 0 Å². The number of aromatic nitrogens is 3. The molecule has 1 N–H and O–H groups in total. The van der Waals surface area contributed by atoms with Crippen LogP contribution in [0.1, 0.15) is 15.9 Å². The van der Waals surface area contributed by atoms with Gasteiger partial charge in [0.25, 0.3) is 0 Å². The zero-order valence-corrected chi connectivity index (χ0v) is 17.6. The summed E-state index contributed by atoms with van der Waals surface area (Å²) in [6.07, 6.45) is 1.74. The largest absolute Gasteiger partial charge is 0.465 e. The molecule has 0 atom stereocenters. The number of benzene rings is 2. The average Bonchev–Trinajstić information content (AvgIpc) is 3.15. The Kier molecular flexibility index (Phi) is 6.28. The number of rotatable bonds is 7. The second-order valence-electron chi connectivity index (χ2n) is 6.72. The van der Waals surface area contributed by atoms with E-state index in [0.717, 1.165) is 21.9 Å². The Hall–Kier alpha value is -3.65. The number of nitrogens with one attached hydrogen (secondary N) is 1. The molecule has 156 valence electrons. The summed E-state index contributed by atoms with van der Waals surface area (Å²) < 4.78 is 6.70. The van der Waals surface area contributed by atoms with E-state index in [1.165, 1.54) is 18.9 Å². The lowest BCUT2D eigenvalue weighted by molar-refractivity contribution is -0.113. The molecule has 0 radical (unpaired) electrons. The van der Waals surface area contributed by atoms with E-state index in [1.54, 1.807) is 30.5 Å². The molecule has 0 saturated heterocycles. The summed E-state index contributed by atoms with van der Waals surface area (Å²) >= 11 is 1.36. The number of hydrogen-bond donors (Lipinski definition) is 1. The minimum absolute atomic E-state index is 0.165. The Labute approximate surface area is 183 Å². The Morgan fingerprint density at radius 3 is 2.55 bits per heavy atom. The van der Waals surface area contributed by atoms with Gasteiger partial charge in [-0.15, -0.1) is 0 Å². The van der Waals surface area contributed by atoms with Crippen molar-refractivity contribution in [3.05, 3.63) is 84.1 Å². The number of amides is 1. The molecule has 0 aliphatic carbocycles. The number of nitrogens with zero attached hydrogens (tertiary/aromatic N) is 3. The number of anilines is 1. The summed E-state index contributed by atoms with van der Waals surface area (Å²) in [5.74, 6) is -0.391. The molecule has 2 aromatic carbocycles. The van der Waals surface area contributed by atoms with Gasteiger partial charge in [-0.2, -0.15) is 0 Å². The number of ether oxygens (including phenoxy) is 1. The topological polar surface area (TPSA) is 86.1 Å². The molecular formula is C23H20N4O3S. The zero-order valence-electron chi connectivity index (χ0n) is 16.8. The molecule has 31 heavy (non-hydrogen) atoms. The van der Waals surface area contributed by atoms with Crippen LogP contribution in [0.3, 0.4) is 0 Å². The maximum Gasteiger partial charge on any atom is 0.337 e. The van der Waals surface area contributed by atoms with Crippen LogP contribution in [0.2, 0.25) is 0 Å². The number of carbonyl (C=O) groups excluding carboxylic acids is 2. The molecule has 0 fully saturated rings. The quantitative estimate of drug-likeness (QED) is 0.351. The number of methoxy groups -OCH3 is 1. The third-order valence-electron chi connectivity index (χ3n) is 4.57. The van der Waals surface area contributed by atoms with Gasteiger partial charge < -0.3 is 10.1 Å². The van der Waals surface area contributed by atoms with Gasteiger partial charge in [-0.25, -0.2) is 14.8 Å². The van der Waals surface area contributed by atoms with Crippen molar-refractivity contribution in [2.24, 2.45) is 0 Å². The van der Waals surface area contributed by atoms with Crippen molar-refractivity contribution in [1.82, 2.24) is 14.5 Å². The van der Waals surface area contributed by atoms with Crippen LogP contribution in [0.25, 0.3) is 11.2 Å². The number of pyridine rings is 1. The second-order valence-corrected chi connectivity index (χ2v) is 7.66. The molecule has 2 heterocycles. The zero-order chi connectivity index (χ0) is 21.6. The van der Waals surface area contributed by atoms with Crippen molar-refractivity contribution in [2.75, 3.05) is 18.2 Å². The molecule has 0 spiro atoms. The standard InChI is InChI=1S/C23H20N4O3S/c1-30-22(29)17-9-11-18(12-10-17)25-20(28)15-31-23-26-19-8-5-13-24-21(19)27(23)14-16-6-3-2-4-7-16/h2-13H,14-15H2,1H3,(H,25,28). The van der Waals surface area contributed by atoms with E-state index < -0.39 is 5.97 Å². The van der Waals surface area contributed by atoms with Crippen LogP contribution in [0, 0.1) is 0 Å². The normalized spacial score (nSPS) is 10.7. The van der Waals surface area contributed by atoms with Gasteiger partial charge >= 0.3 is 5.97 Å². The number of imidazole rings is 1. The van der Waals surface area contributed by atoms with Crippen molar-refractivity contribution in [2.45, 2.75) is 11.7 Å². The highest BCUT2D eigenvalue weighted by Crippen LogP contribution is 2.24. The molecule has 4 rings (SSSR count). The van der Waals surface area contributed by atoms with Crippen molar-refractivity contribution in [3.63, 3.8) is 0 Å². The Morgan fingerprint density at radius 2 is 1.81 bits per heavy atom. The third-order valence-corrected chi connectivity index (χ3v) is 5.55. The van der Waals surface area contributed by atoms with E-state index in [-0.39, 0.29) is 11.7 Å². The van der Waals surface area contributed by atoms with Crippen LogP contribution < -0.4 is 5.32 Å². The van der Waals surface area contributed by atoms with Gasteiger partial charge in [-0.05, 0) is 42.0 Å². The minimum atomic E-state index is -0.417. The summed E-state index contributed by atoms with van der Waals surface area (Å²) in [7, 11) is 1.33. The SMILES string of the molecule is COC(=O)c1ccc(NC(=O)CSc2nc3cccnc3n2Cc2ccccc2)cc1. The average molecular weight is 433 g/mol. The van der Waals surface area contributed by atoms with Crippen LogP contribution in [0.5, 0.6) is 0 Å². The van der Waals surface area contributed by atoms with Gasteiger partial charge in [0, 0.05) is 11.9 Å². The molecular weight excluding hydrogens is 412 g/mol. The van der Waals surface area contributed by atoms with E-state index in [1.807, 2.05) is 47.0 Å². The van der Waals surface area contributed by atoms with Gasteiger partial charge in [0.15, 0.2) is 10.8 Å². The lowest BCUT2D eigenvalue weighted by Crippen LogP contribution is -2.15. The minimum Gasteiger partial charge on any atom is -0.465 e. The summed E-state index contributed by atoms with van der Waals surface area (Å²) in [5.41, 5.74) is 3.74. The number of fused-ring (bicyclic) bond motifs is 1. The maximum absolute atomic E-state index is 12.5. The Morgan fingerprint density at radius 1 is 1.03 bits per heavy atom. The predicted molar refractivity (Wildman–Crippen MR) is 120 cm³/mol. The molecule has 4 aromatic rings. The Bertz CT molecular complexity index is 1210. The van der Waals surface area contributed by atoms with Crippen molar-refractivity contribution >= 4 is 40.5 Å². The Balaban J connectivity index is 1.46. The number of esters is 1. The van der Waals surface area contributed by atoms with Crippen LogP contribution in [0.4, 0.5) is 5.69 Å². The molecule has 0 bridgehead atoms. The summed E-state index contributed by atoms with van der Waals surface area (Å²) in [6, 6.07) is 20.4. The van der Waals surface area contributed by atoms with E-state index in [9.17, 15) is 9.59 Å². The first-order chi connectivity index (χ1) is 15.1. The molecule has 0 aliphatic rings. The third kappa shape index (κ3) is 4.92. The fourth-order valence-corrected chi connectivity index (χ4v) is 3.89. The molecule has 2 aromatic heterocycles. The van der Waals surface area contributed by atoms with Gasteiger partial charge in [0.2, 0.25) is 5.91 Å². The second kappa shape index (κ2) is 9.44. The molecule has 7 nitrogen and oxygen atoms in total. The summed E-state index contributed by atoms with van der Waals surface area (Å²) in [5, 5.41) is 3.57. The van der Waals surface area contributed by atoms with Gasteiger partial charge in [0.1, 0.15) is 5.52 Å². The fraction of sp³-hybridized carbons (Fsp3) is 0.130. The smallest absolute Gasteiger partial charge is 0.337 e. The molecule has 1 amide bonds. The van der Waals surface area contributed by atoms with Gasteiger partial charge in [-0.1, -0.05) is 42.1 Å². The fourth-order valence-electron chi connectivity index (χ4n) is 3.09. The highest BCUT2D eigenvalue weighted by Gasteiger charge is 2.14. The van der Waals surface area contributed by atoms with E-state index >= 15 is 0 Å². The number of thioether (sulfide) groups is 1. The number of carbonyl (C=O) groups is 2. The van der Waals surface area contributed by atoms with Crippen LogP contribution in [-0.4, -0.2) is 39.3 Å². The van der Waals surface area contributed by atoms with Crippen LogP contribution in [0.15, 0.2) is 78.1 Å². The first kappa shape index (κ1) is 20.6. The van der Waals surface area contributed by atoms with E-state index in [0.29, 0.717) is 17.8 Å². The van der Waals surface area contributed by atoms with Crippen molar-refractivity contribution in [1.29, 1.82) is 0 Å². The van der Waals surface area contributed by atoms with E-state index in [2.05, 4.69) is 20.0 Å². The first-order valence-electron chi connectivity index (χ1n) is 9.60. The molecule has 0 unspecified atom stereocenters. The molecule has 8 heteroatoms. The first-order valence-corrected chi connectivity index (χ1v) is 10.6. The maximum atomic E-state index is 12.5. The molecule has 0 aliphatic heterocycles. The van der Waals surface area contributed by atoms with Crippen molar-refractivity contribution < 1.29 is 14.3 Å². The van der Waals surface area contributed by atoms with Crippen molar-refractivity contribution in [3.8, 4) is 0 Å². The molecule has 0 saturated carbocycles. The highest BCUT2D eigenvalue weighted by molar-refractivity contribution is 7.99. The van der Waals surface area contributed by atoms with Gasteiger partial charge in [0.05, 0.1) is 25.0 Å². The lowest BCUT2D eigenvalue weighted by atomic mass is 10.2.